The van der Waals surface area contributed by atoms with Gasteiger partial charge in [-0.15, -0.1) is 26.3 Å². The molecule has 0 atom stereocenters. The molecule has 0 aliphatic carbocycles. The molecule has 0 aromatic heterocycles. The molecule has 15 N–H and O–H groups in total. The van der Waals surface area contributed by atoms with E-state index in [1.54, 1.807) is 35.5 Å². The number of rotatable bonds is 12. The van der Waals surface area contributed by atoms with Gasteiger partial charge in [0.15, 0.2) is 27.4 Å². The van der Waals surface area contributed by atoms with Gasteiger partial charge in [0.05, 0.1) is 107 Å². The Morgan fingerprint density at radius 2 is 0.260 bits per heavy atom. The molecule has 0 rings (SSSR count). The van der Waals surface area contributed by atoms with Crippen LogP contribution in [0.1, 0.15) is 238 Å². The maximum Gasteiger partial charge on any atom is 0.185 e. The van der Waals surface area contributed by atoms with E-state index >= 15 is 0 Å². The molecule has 0 spiro atoms. The zero-order valence-electron chi connectivity index (χ0n) is 40.4. The van der Waals surface area contributed by atoms with Gasteiger partial charge >= 0.3 is 0 Å². The summed E-state index contributed by atoms with van der Waals surface area (Å²) in [6.45, 7) is 17.3. The summed E-state index contributed by atoms with van der Waals surface area (Å²) in [5.41, 5.74) is 0. The summed E-state index contributed by atoms with van der Waals surface area (Å²) < 4.78 is 62.5. The number of hydrogen-bond acceptors (Lipinski definition) is 26. The third kappa shape index (κ3) is 5280. The van der Waals surface area contributed by atoms with E-state index < -0.39 is 27.4 Å². The number of carbonyl (C=O) groups excluding carboxylic acids is 4. The van der Waals surface area contributed by atoms with E-state index in [1.807, 2.05) is 27.2 Å². The fraction of sp³-hybridized carbons (Fsp3) is 0.877. The average molecular weight is 2570 g/mol. The molecule has 0 aliphatic heterocycles. The summed E-state index contributed by atoms with van der Waals surface area (Å²) >= 11 is 0. The van der Waals surface area contributed by atoms with Crippen molar-refractivity contribution in [3.8, 4) is 0 Å². The molecule has 0 amide bonds. The SMILES string of the molecule is C.C.C.C.C.C.C.C.C.C.C.C.C.C.C.C.C.C.C.C.C.C.C.C.C.C.C.C.C.C.C.C.C=C.C=C.C=O.C=O.C=O.C=O.COCCO.COCCOC.COCCOC.COO.COO.OCCO.OCCO.OCCO.OCCO.OCF.OCF.OCF.OCF.[U].[U].[U].[W].[W]. The average Bonchev–Trinajstić information content (AvgIpc) is 3.34. The minimum Gasteiger partial charge on any atom is -0.394 e. The van der Waals surface area contributed by atoms with Gasteiger partial charge in [0.25, 0.3) is 0 Å². The maximum atomic E-state index is 9.85. The van der Waals surface area contributed by atoms with E-state index in [9.17, 15) is 17.6 Å². The molecule has 0 heterocycles. The van der Waals surface area contributed by atoms with E-state index in [-0.39, 0.29) is 433 Å². The number of aliphatic hydroxyl groups is 13. The normalized spacial score (nSPS) is 4.02. The number of methoxy groups -OCH3 is 5. The number of aliphatic hydroxyl groups excluding tert-OH is 13. The molecule has 26 nitrogen and oxygen atoms in total. The van der Waals surface area contributed by atoms with Gasteiger partial charge in [-0.25, -0.2) is 27.3 Å². The van der Waals surface area contributed by atoms with Gasteiger partial charge in [-0.05, 0) is 0 Å². The van der Waals surface area contributed by atoms with Crippen molar-refractivity contribution in [1.82, 2.24) is 0 Å². The van der Waals surface area contributed by atoms with Crippen molar-refractivity contribution in [2.24, 2.45) is 0 Å². The molecule has 0 saturated heterocycles. The van der Waals surface area contributed by atoms with Crippen LogP contribution in [0.4, 0.5) is 17.6 Å². The molecule has 100 heavy (non-hydrogen) atoms. The Kier molecular flexibility index (Phi) is 7000. The summed E-state index contributed by atoms with van der Waals surface area (Å²) in [5.74, 6) is 0. The second kappa shape index (κ2) is 1410. The molecule has 0 saturated carbocycles. The first-order valence-electron chi connectivity index (χ1n) is 15.5. The first kappa shape index (κ1) is 495. The Morgan fingerprint density at radius 1 is 0.210 bits per heavy atom. The number of alkyl halides is 4. The van der Waals surface area contributed by atoms with Gasteiger partial charge in [-0.3, -0.25) is 10.5 Å². The monoisotopic (exact) mass is 2570 g/mol. The molecule has 0 aliphatic rings. The summed E-state index contributed by atoms with van der Waals surface area (Å²) in [6, 6.07) is 0. The number of ether oxygens (including phenoxy) is 5. The molecule has 35 heteroatoms. The van der Waals surface area contributed by atoms with Crippen molar-refractivity contribution in [1.29, 1.82) is 0 Å². The van der Waals surface area contributed by atoms with Gasteiger partial charge in [0.2, 0.25) is 0 Å². The second-order valence-electron chi connectivity index (χ2n) is 5.32. The number of hydrogen-bond donors (Lipinski definition) is 15. The van der Waals surface area contributed by atoms with Gasteiger partial charge in [-0.2, -0.15) is 0 Å². The third-order valence-corrected chi connectivity index (χ3v) is 1.68. The smallest absolute Gasteiger partial charge is 0.185 e. The Morgan fingerprint density at radius 3 is 0.270 bits per heavy atom. The predicted octanol–water partition coefficient (Wildman–Crippen LogP) is 17.1. The van der Waals surface area contributed by atoms with Crippen molar-refractivity contribution in [3.05, 3.63) is 26.3 Å². The zero-order chi connectivity index (χ0) is 55.7. The topological polar surface area (TPSA) is 436 Å². The number of carbonyl (C=O) groups is 4. The van der Waals surface area contributed by atoms with Crippen molar-refractivity contribution in [2.75, 3.05) is 170 Å². The van der Waals surface area contributed by atoms with Crippen molar-refractivity contribution in [2.45, 2.75) is 238 Å². The summed E-state index contributed by atoms with van der Waals surface area (Å²) in [6.07, 6.45) is 0. The van der Waals surface area contributed by atoms with Crippen LogP contribution in [0.15, 0.2) is 26.3 Å². The number of halogens is 4. The van der Waals surface area contributed by atoms with Crippen molar-refractivity contribution < 1.29 is 283 Å². The Hall–Kier alpha value is 1.53. The minimum atomic E-state index is -1.25. The fourth-order valence-electron chi connectivity index (χ4n) is 0.425. The largest absolute Gasteiger partial charge is 0.394 e. The van der Waals surface area contributed by atoms with Crippen LogP contribution in [0, 0.1) is 93.3 Å². The van der Waals surface area contributed by atoms with Gasteiger partial charge in [0.1, 0.15) is 27.2 Å². The second-order valence-corrected chi connectivity index (χ2v) is 5.32. The summed E-state index contributed by atoms with van der Waals surface area (Å²) in [7, 11) is 10.5. The fourth-order valence-corrected chi connectivity index (χ4v) is 0.425. The van der Waals surface area contributed by atoms with Crippen LogP contribution in [0.3, 0.4) is 0 Å². The molecule has 0 aromatic rings. The molecule has 0 radical (unpaired) electrons. The molecule has 0 bridgehead atoms. The summed E-state index contributed by atoms with van der Waals surface area (Å²) in [4.78, 5) is 38.5. The van der Waals surface area contributed by atoms with Crippen LogP contribution < -0.4 is 0 Å². The van der Waals surface area contributed by atoms with Gasteiger partial charge in [0, 0.05) is 171 Å². The first-order valence-corrected chi connectivity index (χ1v) is 15.5. The maximum absolute atomic E-state index is 9.85. The van der Waals surface area contributed by atoms with E-state index in [2.05, 4.69) is 59.8 Å². The standard InChI is InChI=1S/2C4H10O2.C3H8O2.4C2H6O2.2C2H4.4CH3FO.2CH4O2.4CH2O.32CH4.3U.2W/c2*1-5-3-4-6-2;1-5-3-2-4;4*3-1-2-4;2*1-2;4*2-1-3;2*1-3-2;4*1-2;;;;;;;;;;;;;;;;;;;;;;;;;;;;;;;;;;;;;/h2*3-4H2,1-2H3;4H,2-3H2,1H3;4*3-4H,1-2H2;2*1-2H2;4*3H,1H2;2*2H,1H3;4*1H2;32*1H4;;;;;. The molecular formula is C65H216F4O26U3W2. The molecular weight excluding hydrogens is 2350 g/mol. The van der Waals surface area contributed by atoms with E-state index in [0.29, 0.717) is 33.0 Å². The zero-order valence-corrected chi connectivity index (χ0v) is 58.8. The first-order chi connectivity index (χ1) is 30.4. The van der Waals surface area contributed by atoms with E-state index in [4.69, 9.17) is 96.1 Å². The van der Waals surface area contributed by atoms with Crippen molar-refractivity contribution >= 4 is 27.2 Å². The van der Waals surface area contributed by atoms with E-state index in [0.717, 1.165) is 0 Å². The van der Waals surface area contributed by atoms with Crippen LogP contribution in [-0.2, 0) is 94.8 Å². The van der Waals surface area contributed by atoms with Crippen LogP contribution in [0.5, 0.6) is 0 Å². The van der Waals surface area contributed by atoms with Crippen LogP contribution in [-0.4, -0.2) is 274 Å². The Labute approximate surface area is 736 Å². The van der Waals surface area contributed by atoms with Crippen LogP contribution in [0.25, 0.3) is 0 Å². The molecule has 0 fully saturated rings. The van der Waals surface area contributed by atoms with Crippen molar-refractivity contribution in [3.63, 3.8) is 0 Å². The van der Waals surface area contributed by atoms with Gasteiger partial charge in [-0.1, -0.05) is 238 Å². The quantitative estimate of drug-likeness (QED) is 0.0284. The van der Waals surface area contributed by atoms with Crippen LogP contribution >= 0.6 is 0 Å². The minimum absolute atomic E-state index is 0. The van der Waals surface area contributed by atoms with Gasteiger partial charge < -0.3 is 109 Å². The predicted molar refractivity (Wildman–Crippen MR) is 442 cm³/mol. The molecule has 684 valence electrons. The van der Waals surface area contributed by atoms with E-state index in [1.165, 1.54) is 14.2 Å². The van der Waals surface area contributed by atoms with Crippen LogP contribution in [0.2, 0.25) is 0 Å². The molecule has 0 unspecified atom stereocenters. The molecule has 0 aromatic carbocycles. The summed E-state index contributed by atoms with van der Waals surface area (Å²) in [5, 5.41) is 111. The Balaban J connectivity index is -0.00000000374. The Bertz CT molecular complexity index is 370. The third-order valence-electron chi connectivity index (χ3n) is 1.68.